The van der Waals surface area contributed by atoms with Crippen molar-refractivity contribution in [2.45, 2.75) is 36.4 Å². The standard InChI is InChI=1S/C22H21N5O2S3/c23-19(28)14-5-7-15(8-6-14)21-24-16(12-31-21)13-32-22-26-25-20(18-4-2-10-30-18)27(22)11-17-3-1-9-29-17/h2,4-8,10,12,17H,1,3,9,11,13H2,(H2,23,28). The second-order valence-corrected chi connectivity index (χ2v) is 10.2. The summed E-state index contributed by atoms with van der Waals surface area (Å²) in [5.41, 5.74) is 7.77. The summed E-state index contributed by atoms with van der Waals surface area (Å²) in [4.78, 5) is 17.1. The third-order valence-corrected chi connectivity index (χ3v) is 7.99. The first kappa shape index (κ1) is 21.3. The molecule has 1 aromatic carbocycles. The molecule has 0 spiro atoms. The summed E-state index contributed by atoms with van der Waals surface area (Å²) in [6.07, 6.45) is 2.38. The van der Waals surface area contributed by atoms with Crippen molar-refractivity contribution in [2.75, 3.05) is 6.61 Å². The van der Waals surface area contributed by atoms with Crippen LogP contribution in [0.5, 0.6) is 0 Å². The number of nitrogens with two attached hydrogens (primary N) is 1. The van der Waals surface area contributed by atoms with E-state index in [4.69, 9.17) is 15.5 Å². The highest BCUT2D eigenvalue weighted by atomic mass is 32.2. The van der Waals surface area contributed by atoms with Crippen LogP contribution >= 0.6 is 34.4 Å². The molecule has 1 unspecified atom stereocenters. The molecule has 1 aliphatic heterocycles. The van der Waals surface area contributed by atoms with Gasteiger partial charge in [-0.1, -0.05) is 30.0 Å². The number of thiazole rings is 1. The Morgan fingerprint density at radius 3 is 2.81 bits per heavy atom. The first-order valence-electron chi connectivity index (χ1n) is 10.2. The topological polar surface area (TPSA) is 95.9 Å². The molecule has 1 fully saturated rings. The number of benzene rings is 1. The average molecular weight is 484 g/mol. The number of aromatic nitrogens is 4. The molecule has 164 valence electrons. The molecule has 1 saturated heterocycles. The van der Waals surface area contributed by atoms with Gasteiger partial charge in [-0.15, -0.1) is 32.9 Å². The molecule has 10 heteroatoms. The maximum atomic E-state index is 11.3. The van der Waals surface area contributed by atoms with Gasteiger partial charge in [-0.3, -0.25) is 9.36 Å². The number of carbonyl (C=O) groups excluding carboxylic acids is 1. The van der Waals surface area contributed by atoms with Gasteiger partial charge in [-0.05, 0) is 36.4 Å². The SMILES string of the molecule is NC(=O)c1ccc(-c2nc(CSc3nnc(-c4cccs4)n3CC3CCCO3)cs2)cc1. The molecule has 5 rings (SSSR count). The van der Waals surface area contributed by atoms with Crippen LogP contribution in [0.25, 0.3) is 21.3 Å². The Kier molecular flexibility index (Phi) is 6.35. The number of hydrogen-bond acceptors (Lipinski definition) is 8. The average Bonchev–Trinajstić information content (AvgIpc) is 3.60. The van der Waals surface area contributed by atoms with Gasteiger partial charge in [0.15, 0.2) is 11.0 Å². The molecule has 3 aromatic heterocycles. The normalized spacial score (nSPS) is 15.9. The summed E-state index contributed by atoms with van der Waals surface area (Å²) in [6.45, 7) is 1.59. The van der Waals surface area contributed by atoms with Gasteiger partial charge in [0.1, 0.15) is 5.01 Å². The Bertz CT molecular complexity index is 1190. The maximum Gasteiger partial charge on any atom is 0.248 e. The summed E-state index contributed by atoms with van der Waals surface area (Å²) in [6, 6.07) is 11.3. The zero-order valence-corrected chi connectivity index (χ0v) is 19.6. The van der Waals surface area contributed by atoms with E-state index in [1.165, 1.54) is 0 Å². The first-order chi connectivity index (χ1) is 15.7. The third kappa shape index (κ3) is 4.63. The van der Waals surface area contributed by atoms with Gasteiger partial charge >= 0.3 is 0 Å². The Morgan fingerprint density at radius 2 is 2.09 bits per heavy atom. The number of ether oxygens (including phenoxy) is 1. The predicted octanol–water partition coefficient (Wildman–Crippen LogP) is 4.70. The van der Waals surface area contributed by atoms with Crippen LogP contribution in [-0.4, -0.2) is 38.4 Å². The van der Waals surface area contributed by atoms with Gasteiger partial charge in [0.2, 0.25) is 5.91 Å². The summed E-state index contributed by atoms with van der Waals surface area (Å²) < 4.78 is 8.05. The Morgan fingerprint density at radius 1 is 1.22 bits per heavy atom. The van der Waals surface area contributed by atoms with E-state index in [-0.39, 0.29) is 6.10 Å². The van der Waals surface area contributed by atoms with Gasteiger partial charge in [0.05, 0.1) is 23.2 Å². The van der Waals surface area contributed by atoms with Crippen LogP contribution < -0.4 is 5.73 Å². The molecule has 0 saturated carbocycles. The molecular weight excluding hydrogens is 462 g/mol. The molecule has 1 amide bonds. The van der Waals surface area contributed by atoms with E-state index in [9.17, 15) is 4.79 Å². The lowest BCUT2D eigenvalue weighted by atomic mass is 10.1. The largest absolute Gasteiger partial charge is 0.376 e. The van der Waals surface area contributed by atoms with Gasteiger partial charge in [0.25, 0.3) is 0 Å². The number of thiophene rings is 1. The van der Waals surface area contributed by atoms with Crippen molar-refractivity contribution in [1.29, 1.82) is 0 Å². The molecule has 0 radical (unpaired) electrons. The number of carbonyl (C=O) groups is 1. The van der Waals surface area contributed by atoms with E-state index >= 15 is 0 Å². The van der Waals surface area contributed by atoms with E-state index in [2.05, 4.69) is 31.6 Å². The number of rotatable bonds is 8. The third-order valence-electron chi connectivity index (χ3n) is 5.19. The Balaban J connectivity index is 1.32. The molecule has 1 atom stereocenters. The monoisotopic (exact) mass is 483 g/mol. The van der Waals surface area contributed by atoms with Crippen LogP contribution in [-0.2, 0) is 17.0 Å². The summed E-state index contributed by atoms with van der Waals surface area (Å²) in [5.74, 6) is 1.16. The number of hydrogen-bond donors (Lipinski definition) is 1. The molecule has 4 heterocycles. The second kappa shape index (κ2) is 9.53. The van der Waals surface area contributed by atoms with Crippen LogP contribution in [0.3, 0.4) is 0 Å². The number of nitrogens with zero attached hydrogens (tertiary/aromatic N) is 4. The predicted molar refractivity (Wildman–Crippen MR) is 128 cm³/mol. The van der Waals surface area contributed by atoms with Crippen molar-refractivity contribution in [3.63, 3.8) is 0 Å². The van der Waals surface area contributed by atoms with Gasteiger partial charge in [-0.25, -0.2) is 4.98 Å². The zero-order chi connectivity index (χ0) is 21.9. The lowest BCUT2D eigenvalue weighted by Crippen LogP contribution is -2.16. The minimum absolute atomic E-state index is 0.207. The molecule has 0 bridgehead atoms. The van der Waals surface area contributed by atoms with Gasteiger partial charge < -0.3 is 10.5 Å². The molecule has 2 N–H and O–H groups in total. The van der Waals surface area contributed by atoms with E-state index in [0.29, 0.717) is 11.3 Å². The minimum atomic E-state index is -0.429. The zero-order valence-electron chi connectivity index (χ0n) is 17.1. The quantitative estimate of drug-likeness (QED) is 0.365. The lowest BCUT2D eigenvalue weighted by Gasteiger charge is -2.14. The molecule has 32 heavy (non-hydrogen) atoms. The lowest BCUT2D eigenvalue weighted by molar-refractivity contribution is 0.0953. The highest BCUT2D eigenvalue weighted by Crippen LogP contribution is 2.32. The van der Waals surface area contributed by atoms with Crippen LogP contribution in [0.2, 0.25) is 0 Å². The first-order valence-corrected chi connectivity index (χ1v) is 13.0. The van der Waals surface area contributed by atoms with E-state index in [1.54, 1.807) is 46.6 Å². The van der Waals surface area contributed by atoms with Crippen molar-refractivity contribution in [3.05, 3.63) is 58.4 Å². The van der Waals surface area contributed by atoms with Crippen molar-refractivity contribution in [1.82, 2.24) is 19.7 Å². The van der Waals surface area contributed by atoms with Crippen molar-refractivity contribution < 1.29 is 9.53 Å². The van der Waals surface area contributed by atoms with Crippen LogP contribution in [0.4, 0.5) is 0 Å². The maximum absolute atomic E-state index is 11.3. The van der Waals surface area contributed by atoms with E-state index < -0.39 is 5.91 Å². The van der Waals surface area contributed by atoms with Gasteiger partial charge in [0, 0.05) is 28.9 Å². The minimum Gasteiger partial charge on any atom is -0.376 e. The Hall–Kier alpha value is -2.53. The molecule has 0 aliphatic carbocycles. The van der Waals surface area contributed by atoms with Crippen molar-refractivity contribution in [2.24, 2.45) is 5.73 Å². The van der Waals surface area contributed by atoms with Gasteiger partial charge in [-0.2, -0.15) is 0 Å². The number of amides is 1. The Labute approximate surface area is 197 Å². The highest BCUT2D eigenvalue weighted by Gasteiger charge is 2.22. The van der Waals surface area contributed by atoms with Crippen molar-refractivity contribution in [3.8, 4) is 21.3 Å². The number of thioether (sulfide) groups is 1. The smallest absolute Gasteiger partial charge is 0.248 e. The van der Waals surface area contributed by atoms with Crippen molar-refractivity contribution >= 4 is 40.3 Å². The second-order valence-electron chi connectivity index (χ2n) is 7.40. The fourth-order valence-corrected chi connectivity index (χ4v) is 6.05. The van der Waals surface area contributed by atoms with Crippen LogP contribution in [0, 0.1) is 0 Å². The van der Waals surface area contributed by atoms with Crippen LogP contribution in [0.15, 0.2) is 52.3 Å². The fourth-order valence-electron chi connectivity index (χ4n) is 3.56. The summed E-state index contributed by atoms with van der Waals surface area (Å²) in [7, 11) is 0. The van der Waals surface area contributed by atoms with E-state index in [0.717, 1.165) is 58.1 Å². The summed E-state index contributed by atoms with van der Waals surface area (Å²) >= 11 is 4.89. The molecular formula is C22H21N5O2S3. The summed E-state index contributed by atoms with van der Waals surface area (Å²) in [5, 5.41) is 14.9. The van der Waals surface area contributed by atoms with E-state index in [1.807, 2.05) is 18.2 Å². The molecule has 4 aromatic rings. The van der Waals surface area contributed by atoms with Crippen LogP contribution in [0.1, 0.15) is 28.9 Å². The number of primary amides is 1. The molecule has 7 nitrogen and oxygen atoms in total. The fraction of sp³-hybridized carbons (Fsp3) is 0.273. The molecule has 1 aliphatic rings. The highest BCUT2D eigenvalue weighted by molar-refractivity contribution is 7.98.